The molecular weight excluding hydrogens is 208 g/mol. The van der Waals surface area contributed by atoms with Crippen LogP contribution in [-0.4, -0.2) is 27.5 Å². The summed E-state index contributed by atoms with van der Waals surface area (Å²) in [6, 6.07) is 0. The first-order valence-electron chi connectivity index (χ1n) is 4.10. The Balaban J connectivity index is 0.000000292. The van der Waals surface area contributed by atoms with Crippen molar-refractivity contribution in [2.45, 2.75) is 26.2 Å². The van der Waals surface area contributed by atoms with Gasteiger partial charge in [0.15, 0.2) is 0 Å². The largest absolute Gasteiger partial charge is 0.394 e. The van der Waals surface area contributed by atoms with Crippen molar-refractivity contribution in [1.29, 1.82) is 0 Å². The Morgan fingerprint density at radius 3 is 2.43 bits per heavy atom. The van der Waals surface area contributed by atoms with Gasteiger partial charge >= 0.3 is 10.4 Å². The second-order valence-corrected chi connectivity index (χ2v) is 3.52. The fourth-order valence-electron chi connectivity index (χ4n) is 0.789. The van der Waals surface area contributed by atoms with Crippen LogP contribution in [0.15, 0.2) is 12.5 Å². The lowest BCUT2D eigenvalue weighted by Crippen LogP contribution is -1.89. The van der Waals surface area contributed by atoms with Gasteiger partial charge in [0.25, 0.3) is 0 Å². The monoisotopic (exact) mass is 222 g/mol. The van der Waals surface area contributed by atoms with E-state index in [4.69, 9.17) is 17.5 Å². The van der Waals surface area contributed by atoms with Crippen molar-refractivity contribution < 1.29 is 17.5 Å². The van der Waals surface area contributed by atoms with Crippen molar-refractivity contribution in [3.63, 3.8) is 0 Å². The number of hydrogen-bond acceptors (Lipinski definition) is 3. The molecule has 1 aromatic heterocycles. The number of hydrogen-bond donors (Lipinski definition) is 3. The number of aromatic amines is 1. The smallest absolute Gasteiger partial charge is 0.348 e. The van der Waals surface area contributed by atoms with E-state index in [2.05, 4.69) is 16.9 Å². The highest BCUT2D eigenvalue weighted by Crippen LogP contribution is 1.98. The van der Waals surface area contributed by atoms with Crippen LogP contribution in [0.5, 0.6) is 0 Å². The molecule has 0 saturated carbocycles. The Labute approximate surface area is 83.0 Å². The van der Waals surface area contributed by atoms with E-state index in [-0.39, 0.29) is 0 Å². The molecule has 0 saturated heterocycles. The van der Waals surface area contributed by atoms with Gasteiger partial charge in [-0.1, -0.05) is 13.3 Å². The van der Waals surface area contributed by atoms with Crippen LogP contribution in [0.1, 0.15) is 25.5 Å². The minimum atomic E-state index is -4.67. The molecule has 0 amide bonds. The maximum absolute atomic E-state index is 8.74. The Hall–Kier alpha value is -0.920. The van der Waals surface area contributed by atoms with Gasteiger partial charge in [0.1, 0.15) is 0 Å². The zero-order valence-electron chi connectivity index (χ0n) is 7.84. The van der Waals surface area contributed by atoms with Gasteiger partial charge in [-0.05, 0) is 12.8 Å². The third-order valence-electron chi connectivity index (χ3n) is 1.35. The van der Waals surface area contributed by atoms with Gasteiger partial charge in [0, 0.05) is 11.9 Å². The predicted molar refractivity (Wildman–Crippen MR) is 51.4 cm³/mol. The SMILES string of the molecule is CCCCc1cnc[nH]1.O=S(=O)(O)O. The summed E-state index contributed by atoms with van der Waals surface area (Å²) in [4.78, 5) is 6.98. The minimum Gasteiger partial charge on any atom is -0.348 e. The van der Waals surface area contributed by atoms with E-state index in [0.717, 1.165) is 6.42 Å². The molecule has 0 aromatic carbocycles. The van der Waals surface area contributed by atoms with Crippen LogP contribution in [0, 0.1) is 0 Å². The van der Waals surface area contributed by atoms with Crippen LogP contribution in [0.3, 0.4) is 0 Å². The third-order valence-corrected chi connectivity index (χ3v) is 1.35. The topological polar surface area (TPSA) is 103 Å². The van der Waals surface area contributed by atoms with Crippen molar-refractivity contribution in [2.24, 2.45) is 0 Å². The Morgan fingerprint density at radius 1 is 1.50 bits per heavy atom. The van der Waals surface area contributed by atoms with E-state index in [0.29, 0.717) is 0 Å². The highest BCUT2D eigenvalue weighted by Gasteiger charge is 1.89. The summed E-state index contributed by atoms with van der Waals surface area (Å²) in [5, 5.41) is 0. The molecule has 82 valence electrons. The summed E-state index contributed by atoms with van der Waals surface area (Å²) in [5.41, 5.74) is 1.25. The average Bonchev–Trinajstić information content (AvgIpc) is 2.49. The summed E-state index contributed by atoms with van der Waals surface area (Å²) in [7, 11) is -4.67. The van der Waals surface area contributed by atoms with E-state index >= 15 is 0 Å². The highest BCUT2D eigenvalue weighted by atomic mass is 32.3. The van der Waals surface area contributed by atoms with Gasteiger partial charge in [-0.3, -0.25) is 9.11 Å². The zero-order chi connectivity index (χ0) is 11.0. The van der Waals surface area contributed by atoms with Gasteiger partial charge in [-0.2, -0.15) is 8.42 Å². The van der Waals surface area contributed by atoms with Crippen molar-refractivity contribution in [2.75, 3.05) is 0 Å². The molecule has 0 radical (unpaired) electrons. The summed E-state index contributed by atoms with van der Waals surface area (Å²) >= 11 is 0. The van der Waals surface area contributed by atoms with Crippen molar-refractivity contribution >= 4 is 10.4 Å². The molecule has 0 aliphatic rings. The number of imidazole rings is 1. The summed E-state index contributed by atoms with van der Waals surface area (Å²) in [5.74, 6) is 0. The summed E-state index contributed by atoms with van der Waals surface area (Å²) < 4.78 is 31.6. The maximum Gasteiger partial charge on any atom is 0.394 e. The number of nitrogens with one attached hydrogen (secondary N) is 1. The maximum atomic E-state index is 8.74. The van der Waals surface area contributed by atoms with Crippen molar-refractivity contribution in [3.05, 3.63) is 18.2 Å². The van der Waals surface area contributed by atoms with Crippen LogP contribution in [-0.2, 0) is 16.8 Å². The lowest BCUT2D eigenvalue weighted by atomic mass is 10.2. The van der Waals surface area contributed by atoms with Gasteiger partial charge in [-0.15, -0.1) is 0 Å². The Bertz CT molecular complexity index is 311. The van der Waals surface area contributed by atoms with E-state index < -0.39 is 10.4 Å². The van der Waals surface area contributed by atoms with Crippen LogP contribution in [0.25, 0.3) is 0 Å². The second kappa shape index (κ2) is 6.52. The van der Waals surface area contributed by atoms with E-state index in [9.17, 15) is 0 Å². The number of nitrogens with zero attached hydrogens (tertiary/aromatic N) is 1. The van der Waals surface area contributed by atoms with Crippen LogP contribution < -0.4 is 0 Å². The number of aromatic nitrogens is 2. The van der Waals surface area contributed by atoms with Gasteiger partial charge in [0.05, 0.1) is 6.33 Å². The van der Waals surface area contributed by atoms with Crippen molar-refractivity contribution in [1.82, 2.24) is 9.97 Å². The molecule has 0 aliphatic carbocycles. The number of aryl methyl sites for hydroxylation is 1. The molecule has 0 atom stereocenters. The van der Waals surface area contributed by atoms with Crippen LogP contribution >= 0.6 is 0 Å². The van der Waals surface area contributed by atoms with Gasteiger partial charge in [0.2, 0.25) is 0 Å². The molecule has 14 heavy (non-hydrogen) atoms. The van der Waals surface area contributed by atoms with Crippen LogP contribution in [0.4, 0.5) is 0 Å². The fourth-order valence-corrected chi connectivity index (χ4v) is 0.789. The van der Waals surface area contributed by atoms with Crippen LogP contribution in [0.2, 0.25) is 0 Å². The molecule has 6 nitrogen and oxygen atoms in total. The zero-order valence-corrected chi connectivity index (χ0v) is 8.66. The molecule has 1 rings (SSSR count). The predicted octanol–water partition coefficient (Wildman–Crippen LogP) is 1.10. The lowest BCUT2D eigenvalue weighted by molar-refractivity contribution is 0.381. The molecule has 7 heteroatoms. The van der Waals surface area contributed by atoms with Crippen molar-refractivity contribution in [3.8, 4) is 0 Å². The second-order valence-electron chi connectivity index (χ2n) is 2.63. The molecule has 0 aliphatic heterocycles. The first-order chi connectivity index (χ1) is 6.43. The number of H-pyrrole nitrogens is 1. The molecule has 0 spiro atoms. The molecule has 1 heterocycles. The molecule has 0 bridgehead atoms. The molecule has 0 unspecified atom stereocenters. The molecular formula is C7H14N2O4S. The lowest BCUT2D eigenvalue weighted by Gasteiger charge is -1.90. The first kappa shape index (κ1) is 13.1. The standard InChI is InChI=1S/C7H12N2.H2O4S/c1-2-3-4-7-5-8-6-9-7;1-5(2,3)4/h5-6H,2-4H2,1H3,(H,8,9);(H2,1,2,3,4). The highest BCUT2D eigenvalue weighted by molar-refractivity contribution is 7.79. The summed E-state index contributed by atoms with van der Waals surface area (Å²) in [6.45, 7) is 2.19. The average molecular weight is 222 g/mol. The quantitative estimate of drug-likeness (QED) is 0.664. The molecule has 3 N–H and O–H groups in total. The van der Waals surface area contributed by atoms with Gasteiger partial charge in [-0.25, -0.2) is 4.98 Å². The Morgan fingerprint density at radius 2 is 2.07 bits per heavy atom. The fraction of sp³-hybridized carbons (Fsp3) is 0.571. The number of rotatable bonds is 3. The first-order valence-corrected chi connectivity index (χ1v) is 5.50. The summed E-state index contributed by atoms with van der Waals surface area (Å²) in [6.07, 6.45) is 7.25. The number of unbranched alkanes of at least 4 members (excludes halogenated alkanes) is 1. The minimum absolute atomic E-state index is 1.14. The van der Waals surface area contributed by atoms with E-state index in [1.165, 1.54) is 18.5 Å². The van der Waals surface area contributed by atoms with E-state index in [1.54, 1.807) is 6.33 Å². The van der Waals surface area contributed by atoms with E-state index in [1.807, 2.05) is 6.20 Å². The third kappa shape index (κ3) is 11.1. The van der Waals surface area contributed by atoms with Gasteiger partial charge < -0.3 is 4.98 Å². The normalized spacial score (nSPS) is 10.5. The molecule has 0 fully saturated rings. The Kier molecular flexibility index (Phi) is 6.09. The molecule has 1 aromatic rings.